The molecule has 0 saturated carbocycles. The van der Waals surface area contributed by atoms with Gasteiger partial charge in [-0.15, -0.1) is 0 Å². The third kappa shape index (κ3) is 4.14. The quantitative estimate of drug-likeness (QED) is 0.789. The summed E-state index contributed by atoms with van der Waals surface area (Å²) in [6.07, 6.45) is 1.55. The van der Waals surface area contributed by atoms with Gasteiger partial charge in [-0.2, -0.15) is 0 Å². The molecule has 0 N–H and O–H groups in total. The van der Waals surface area contributed by atoms with E-state index in [1.165, 1.54) is 19.1 Å². The number of hydrogen-bond donors (Lipinski definition) is 0. The number of methoxy groups -OCH3 is 2. The molecule has 6 nitrogen and oxygen atoms in total. The highest BCUT2D eigenvalue weighted by molar-refractivity contribution is 7.94. The zero-order valence-corrected chi connectivity index (χ0v) is 16.2. The summed E-state index contributed by atoms with van der Waals surface area (Å²) in [6.45, 7) is 1.95. The summed E-state index contributed by atoms with van der Waals surface area (Å²) in [5.41, 5.74) is 2.02. The van der Waals surface area contributed by atoms with Crippen LogP contribution < -0.4 is 14.4 Å². The molecule has 142 valence electrons. The van der Waals surface area contributed by atoms with E-state index in [4.69, 9.17) is 9.47 Å². The van der Waals surface area contributed by atoms with E-state index in [0.29, 0.717) is 22.7 Å². The number of rotatable bonds is 5. The number of benzene rings is 2. The van der Waals surface area contributed by atoms with Crippen LogP contribution in [0.5, 0.6) is 11.5 Å². The van der Waals surface area contributed by atoms with Crippen molar-refractivity contribution >= 4 is 21.4 Å². The summed E-state index contributed by atoms with van der Waals surface area (Å²) in [6, 6.07) is 11.7. The number of hydrogen-bond acceptors (Lipinski definition) is 5. The van der Waals surface area contributed by atoms with Gasteiger partial charge < -0.3 is 14.4 Å². The third-order valence-electron chi connectivity index (χ3n) is 4.37. The molecular formula is C20H21NO5S. The van der Waals surface area contributed by atoms with Gasteiger partial charge in [-0.25, -0.2) is 8.42 Å². The van der Waals surface area contributed by atoms with Gasteiger partial charge in [0.05, 0.1) is 26.0 Å². The van der Waals surface area contributed by atoms with Crippen molar-refractivity contribution in [2.45, 2.75) is 13.0 Å². The summed E-state index contributed by atoms with van der Waals surface area (Å²) in [5.74, 6) is 0.489. The highest BCUT2D eigenvalue weighted by Crippen LogP contribution is 2.28. The molecular weight excluding hydrogens is 366 g/mol. The SMILES string of the molecule is COc1cc(OC)cc(C(=O)N(c2ccc(C)cc2)[C@H]2C=CS(=O)(=O)C2)c1. The molecule has 0 aromatic heterocycles. The minimum atomic E-state index is -3.32. The molecule has 3 rings (SSSR count). The van der Waals surface area contributed by atoms with Crippen molar-refractivity contribution in [3.05, 3.63) is 65.1 Å². The van der Waals surface area contributed by atoms with Gasteiger partial charge in [-0.3, -0.25) is 4.79 Å². The van der Waals surface area contributed by atoms with Crippen LogP contribution in [0.2, 0.25) is 0 Å². The molecule has 0 fully saturated rings. The van der Waals surface area contributed by atoms with Gasteiger partial charge in [0.2, 0.25) is 0 Å². The lowest BCUT2D eigenvalue weighted by molar-refractivity contribution is 0.0982. The van der Waals surface area contributed by atoms with Crippen molar-refractivity contribution in [3.8, 4) is 11.5 Å². The summed E-state index contributed by atoms with van der Waals surface area (Å²) >= 11 is 0. The molecule has 27 heavy (non-hydrogen) atoms. The molecule has 1 atom stereocenters. The molecule has 2 aromatic rings. The van der Waals surface area contributed by atoms with Crippen LogP contribution in [0, 0.1) is 6.92 Å². The van der Waals surface area contributed by atoms with Crippen molar-refractivity contribution < 1.29 is 22.7 Å². The minimum Gasteiger partial charge on any atom is -0.497 e. The van der Waals surface area contributed by atoms with Crippen LogP contribution in [-0.4, -0.2) is 40.3 Å². The van der Waals surface area contributed by atoms with Gasteiger partial charge >= 0.3 is 0 Å². The Morgan fingerprint density at radius 3 is 2.11 bits per heavy atom. The van der Waals surface area contributed by atoms with Crippen LogP contribution in [0.1, 0.15) is 15.9 Å². The maximum absolute atomic E-state index is 13.4. The topological polar surface area (TPSA) is 72.9 Å². The molecule has 1 heterocycles. The second kappa shape index (κ2) is 7.44. The van der Waals surface area contributed by atoms with Crippen LogP contribution >= 0.6 is 0 Å². The van der Waals surface area contributed by atoms with E-state index in [-0.39, 0.29) is 11.7 Å². The number of aryl methyl sites for hydroxylation is 1. The molecule has 1 amide bonds. The summed E-state index contributed by atoms with van der Waals surface area (Å²) in [4.78, 5) is 14.8. The number of carbonyl (C=O) groups is 1. The first kappa shape index (κ1) is 19.0. The third-order valence-corrected chi connectivity index (χ3v) is 5.75. The van der Waals surface area contributed by atoms with Crippen LogP contribution in [0.15, 0.2) is 53.9 Å². The van der Waals surface area contributed by atoms with Crippen LogP contribution in [0.4, 0.5) is 5.69 Å². The Kier molecular flexibility index (Phi) is 5.23. The molecule has 0 saturated heterocycles. The second-order valence-electron chi connectivity index (χ2n) is 6.34. The van der Waals surface area contributed by atoms with Gasteiger partial charge in [-0.05, 0) is 37.3 Å². The Balaban J connectivity index is 2.06. The highest BCUT2D eigenvalue weighted by atomic mass is 32.2. The molecule has 0 aliphatic carbocycles. The van der Waals surface area contributed by atoms with Crippen molar-refractivity contribution in [1.82, 2.24) is 0 Å². The molecule has 1 aliphatic rings. The lowest BCUT2D eigenvalue weighted by Crippen LogP contribution is -2.41. The number of nitrogens with zero attached hydrogens (tertiary/aromatic N) is 1. The first-order valence-corrected chi connectivity index (χ1v) is 10.1. The van der Waals surface area contributed by atoms with E-state index in [9.17, 15) is 13.2 Å². The molecule has 7 heteroatoms. The Bertz CT molecular complexity index is 958. The number of anilines is 1. The summed E-state index contributed by atoms with van der Waals surface area (Å²) < 4.78 is 34.3. The number of carbonyl (C=O) groups excluding carboxylic acids is 1. The Morgan fingerprint density at radius 1 is 1.04 bits per heavy atom. The van der Waals surface area contributed by atoms with E-state index < -0.39 is 15.9 Å². The number of amides is 1. The smallest absolute Gasteiger partial charge is 0.259 e. The highest BCUT2D eigenvalue weighted by Gasteiger charge is 2.32. The lowest BCUT2D eigenvalue weighted by atomic mass is 10.1. The summed E-state index contributed by atoms with van der Waals surface area (Å²) in [5, 5.41) is 1.16. The minimum absolute atomic E-state index is 0.145. The van der Waals surface area contributed by atoms with Crippen LogP contribution in [0.3, 0.4) is 0 Å². The van der Waals surface area contributed by atoms with Crippen LogP contribution in [0.25, 0.3) is 0 Å². The summed E-state index contributed by atoms with van der Waals surface area (Å²) in [7, 11) is -0.308. The van der Waals surface area contributed by atoms with Gasteiger partial charge in [0, 0.05) is 22.7 Å². The Morgan fingerprint density at radius 2 is 1.63 bits per heavy atom. The molecule has 0 bridgehead atoms. The molecule has 0 spiro atoms. The van der Waals surface area contributed by atoms with E-state index in [2.05, 4.69) is 0 Å². The second-order valence-corrected chi connectivity index (χ2v) is 8.27. The fourth-order valence-corrected chi connectivity index (χ4v) is 4.22. The molecule has 0 radical (unpaired) electrons. The van der Waals surface area contributed by atoms with Crippen molar-refractivity contribution in [3.63, 3.8) is 0 Å². The molecule has 2 aromatic carbocycles. The van der Waals surface area contributed by atoms with E-state index >= 15 is 0 Å². The van der Waals surface area contributed by atoms with Crippen molar-refractivity contribution in [2.24, 2.45) is 0 Å². The van der Waals surface area contributed by atoms with Crippen LogP contribution in [-0.2, 0) is 9.84 Å². The molecule has 0 unspecified atom stereocenters. The Hall–Kier alpha value is -2.80. The maximum atomic E-state index is 13.4. The lowest BCUT2D eigenvalue weighted by Gasteiger charge is -2.28. The van der Waals surface area contributed by atoms with Gasteiger partial charge in [0.1, 0.15) is 11.5 Å². The normalized spacial score (nSPS) is 17.5. The standard InChI is InChI=1S/C20H21NO5S/c1-14-4-6-16(7-5-14)21(17-8-9-27(23,24)13-17)20(22)15-10-18(25-2)12-19(11-15)26-3/h4-12,17H,13H2,1-3H3/t17-/m0/s1. The predicted molar refractivity (Wildman–Crippen MR) is 104 cm³/mol. The van der Waals surface area contributed by atoms with E-state index in [1.54, 1.807) is 24.3 Å². The predicted octanol–water partition coefficient (Wildman–Crippen LogP) is 2.97. The maximum Gasteiger partial charge on any atom is 0.259 e. The Labute approximate surface area is 158 Å². The monoisotopic (exact) mass is 387 g/mol. The molecule has 1 aliphatic heterocycles. The first-order chi connectivity index (χ1) is 12.8. The van der Waals surface area contributed by atoms with Gasteiger partial charge in [-0.1, -0.05) is 17.7 Å². The largest absolute Gasteiger partial charge is 0.497 e. The average Bonchev–Trinajstić information content (AvgIpc) is 3.02. The van der Waals surface area contributed by atoms with E-state index in [1.807, 2.05) is 31.2 Å². The number of ether oxygens (including phenoxy) is 2. The zero-order chi connectivity index (χ0) is 19.6. The zero-order valence-electron chi connectivity index (χ0n) is 15.4. The van der Waals surface area contributed by atoms with Gasteiger partial charge in [0.25, 0.3) is 5.91 Å². The fraction of sp³-hybridized carbons (Fsp3) is 0.250. The van der Waals surface area contributed by atoms with Crippen molar-refractivity contribution in [1.29, 1.82) is 0 Å². The number of sulfone groups is 1. The van der Waals surface area contributed by atoms with Gasteiger partial charge in [0.15, 0.2) is 9.84 Å². The average molecular weight is 387 g/mol. The van der Waals surface area contributed by atoms with Crippen molar-refractivity contribution in [2.75, 3.05) is 24.9 Å². The van der Waals surface area contributed by atoms with E-state index in [0.717, 1.165) is 11.0 Å². The first-order valence-electron chi connectivity index (χ1n) is 8.37. The fourth-order valence-electron chi connectivity index (χ4n) is 2.95.